The standard InChI is InChI=1S/C20H26N6O2S/c1-2-25-5-3-16(4-6-25)28-19-12-15(26-7-9-27-10-8-26)11-18(23-19)24-20-22-14-17(13-21)29-20/h11-12,14,16H,2-10H2,1H3,(H,22,23,24). The van der Waals surface area contributed by atoms with Crippen LogP contribution in [0.15, 0.2) is 18.3 Å². The van der Waals surface area contributed by atoms with Gasteiger partial charge in [0.05, 0.1) is 19.4 Å². The molecule has 8 nitrogen and oxygen atoms in total. The van der Waals surface area contributed by atoms with Gasteiger partial charge in [0.25, 0.3) is 0 Å². The smallest absolute Gasteiger partial charge is 0.217 e. The van der Waals surface area contributed by atoms with Crippen LogP contribution < -0.4 is 15.0 Å². The number of thiazole rings is 1. The zero-order valence-corrected chi connectivity index (χ0v) is 17.5. The fourth-order valence-corrected chi connectivity index (χ4v) is 4.25. The van der Waals surface area contributed by atoms with Crippen LogP contribution >= 0.6 is 11.3 Å². The summed E-state index contributed by atoms with van der Waals surface area (Å²) in [5, 5.41) is 12.9. The molecule has 2 aliphatic rings. The number of piperidine rings is 1. The first-order chi connectivity index (χ1) is 14.2. The largest absolute Gasteiger partial charge is 0.474 e. The maximum atomic E-state index is 9.03. The Hall–Kier alpha value is -2.41. The van der Waals surface area contributed by atoms with Gasteiger partial charge >= 0.3 is 0 Å². The van der Waals surface area contributed by atoms with E-state index in [1.165, 1.54) is 11.3 Å². The molecule has 0 bridgehead atoms. The number of nitriles is 1. The first-order valence-electron chi connectivity index (χ1n) is 10.1. The highest BCUT2D eigenvalue weighted by atomic mass is 32.1. The van der Waals surface area contributed by atoms with Crippen LogP contribution in [0.1, 0.15) is 24.6 Å². The Kier molecular flexibility index (Phi) is 6.44. The van der Waals surface area contributed by atoms with Gasteiger partial charge in [0.15, 0.2) is 5.13 Å². The topological polar surface area (TPSA) is 86.5 Å². The van der Waals surface area contributed by atoms with Gasteiger partial charge in [-0.1, -0.05) is 18.3 Å². The summed E-state index contributed by atoms with van der Waals surface area (Å²) >= 11 is 1.31. The number of likely N-dealkylation sites (tertiary alicyclic amines) is 1. The number of anilines is 3. The molecule has 2 saturated heterocycles. The second kappa shape index (κ2) is 9.39. The number of nitrogens with one attached hydrogen (secondary N) is 1. The van der Waals surface area contributed by atoms with Gasteiger partial charge in [-0.05, 0) is 19.4 Å². The van der Waals surface area contributed by atoms with Crippen molar-refractivity contribution < 1.29 is 9.47 Å². The number of rotatable bonds is 6. The number of nitrogens with zero attached hydrogens (tertiary/aromatic N) is 5. The monoisotopic (exact) mass is 414 g/mol. The Morgan fingerprint density at radius 3 is 2.76 bits per heavy atom. The van der Waals surface area contributed by atoms with Gasteiger partial charge in [0.2, 0.25) is 5.88 Å². The van der Waals surface area contributed by atoms with E-state index >= 15 is 0 Å². The summed E-state index contributed by atoms with van der Waals surface area (Å²) < 4.78 is 11.8. The average molecular weight is 415 g/mol. The summed E-state index contributed by atoms with van der Waals surface area (Å²) in [6.07, 6.45) is 3.77. The van der Waals surface area contributed by atoms with Crippen LogP contribution in [-0.4, -0.2) is 66.9 Å². The van der Waals surface area contributed by atoms with Crippen molar-refractivity contribution in [2.24, 2.45) is 0 Å². The molecule has 0 aliphatic carbocycles. The van der Waals surface area contributed by atoms with Crippen molar-refractivity contribution >= 4 is 28.0 Å². The second-order valence-electron chi connectivity index (χ2n) is 7.17. The van der Waals surface area contributed by atoms with Gasteiger partial charge in [-0.2, -0.15) is 10.2 Å². The van der Waals surface area contributed by atoms with Crippen molar-refractivity contribution in [1.29, 1.82) is 5.26 Å². The molecule has 0 unspecified atom stereocenters. The molecule has 1 N–H and O–H groups in total. The predicted octanol–water partition coefficient (Wildman–Crippen LogP) is 2.85. The van der Waals surface area contributed by atoms with Crippen LogP contribution in [0.3, 0.4) is 0 Å². The van der Waals surface area contributed by atoms with Crippen molar-refractivity contribution in [3.05, 3.63) is 23.2 Å². The van der Waals surface area contributed by atoms with E-state index in [9.17, 15) is 0 Å². The van der Waals surface area contributed by atoms with Crippen molar-refractivity contribution in [1.82, 2.24) is 14.9 Å². The molecule has 0 radical (unpaired) electrons. The molecule has 2 aliphatic heterocycles. The normalized spacial score (nSPS) is 18.4. The third-order valence-electron chi connectivity index (χ3n) is 5.28. The van der Waals surface area contributed by atoms with E-state index in [4.69, 9.17) is 14.7 Å². The van der Waals surface area contributed by atoms with Crippen molar-refractivity contribution in [2.45, 2.75) is 25.9 Å². The lowest BCUT2D eigenvalue weighted by atomic mass is 10.1. The number of morpholine rings is 1. The zero-order valence-electron chi connectivity index (χ0n) is 16.6. The first-order valence-corrected chi connectivity index (χ1v) is 10.9. The molecular weight excluding hydrogens is 388 g/mol. The summed E-state index contributed by atoms with van der Waals surface area (Å²) in [5.41, 5.74) is 1.06. The Morgan fingerprint density at radius 2 is 2.07 bits per heavy atom. The van der Waals surface area contributed by atoms with Crippen LogP contribution in [0.25, 0.3) is 0 Å². The molecule has 154 valence electrons. The fourth-order valence-electron chi connectivity index (χ4n) is 3.63. The van der Waals surface area contributed by atoms with Crippen LogP contribution in [-0.2, 0) is 4.74 Å². The minimum absolute atomic E-state index is 0.183. The van der Waals surface area contributed by atoms with Gasteiger partial charge in [-0.25, -0.2) is 4.98 Å². The molecule has 2 fully saturated rings. The van der Waals surface area contributed by atoms with Gasteiger partial charge in [0.1, 0.15) is 22.9 Å². The SMILES string of the molecule is CCN1CCC(Oc2cc(N3CCOCC3)cc(Nc3ncc(C#N)s3)n2)CC1. The maximum Gasteiger partial charge on any atom is 0.217 e. The number of hydrogen-bond donors (Lipinski definition) is 1. The zero-order chi connectivity index (χ0) is 20.1. The minimum atomic E-state index is 0.183. The molecule has 0 atom stereocenters. The first kappa shape index (κ1) is 19.9. The van der Waals surface area contributed by atoms with E-state index in [1.54, 1.807) is 6.20 Å². The number of ether oxygens (including phenoxy) is 2. The lowest BCUT2D eigenvalue weighted by Gasteiger charge is -2.32. The van der Waals surface area contributed by atoms with Crippen molar-refractivity contribution in [3.8, 4) is 11.9 Å². The van der Waals surface area contributed by atoms with Gasteiger partial charge in [-0.3, -0.25) is 0 Å². The predicted molar refractivity (Wildman–Crippen MR) is 113 cm³/mol. The van der Waals surface area contributed by atoms with Gasteiger partial charge < -0.3 is 24.6 Å². The number of pyridine rings is 1. The third kappa shape index (κ3) is 5.15. The highest BCUT2D eigenvalue weighted by Crippen LogP contribution is 2.29. The molecule has 2 aromatic rings. The van der Waals surface area contributed by atoms with E-state index in [-0.39, 0.29) is 6.10 Å². The third-order valence-corrected chi connectivity index (χ3v) is 6.10. The molecule has 2 aromatic heterocycles. The Labute approximate surface area is 175 Å². The molecule has 0 saturated carbocycles. The molecular formula is C20H26N6O2S. The van der Waals surface area contributed by atoms with Crippen LogP contribution in [0.5, 0.6) is 5.88 Å². The lowest BCUT2D eigenvalue weighted by molar-refractivity contribution is 0.0998. The summed E-state index contributed by atoms with van der Waals surface area (Å²) in [5.74, 6) is 1.30. The summed E-state index contributed by atoms with van der Waals surface area (Å²) in [7, 11) is 0. The molecule has 29 heavy (non-hydrogen) atoms. The fraction of sp³-hybridized carbons (Fsp3) is 0.550. The second-order valence-corrected chi connectivity index (χ2v) is 8.20. The summed E-state index contributed by atoms with van der Waals surface area (Å²) in [6, 6.07) is 6.14. The van der Waals surface area contributed by atoms with E-state index in [0.29, 0.717) is 21.7 Å². The molecule has 0 aromatic carbocycles. The molecule has 0 amide bonds. The molecule has 4 rings (SSSR count). The van der Waals surface area contributed by atoms with E-state index < -0.39 is 0 Å². The van der Waals surface area contributed by atoms with Crippen molar-refractivity contribution in [2.75, 3.05) is 56.2 Å². The van der Waals surface area contributed by atoms with E-state index in [2.05, 4.69) is 38.1 Å². The van der Waals surface area contributed by atoms with E-state index in [1.807, 2.05) is 12.1 Å². The molecule has 0 spiro atoms. The van der Waals surface area contributed by atoms with Crippen molar-refractivity contribution in [3.63, 3.8) is 0 Å². The summed E-state index contributed by atoms with van der Waals surface area (Å²) in [4.78, 5) is 14.2. The Balaban J connectivity index is 1.53. The lowest BCUT2D eigenvalue weighted by Crippen LogP contribution is -2.38. The molecule has 4 heterocycles. The number of aromatic nitrogens is 2. The highest BCUT2D eigenvalue weighted by molar-refractivity contribution is 7.16. The summed E-state index contributed by atoms with van der Waals surface area (Å²) in [6.45, 7) is 8.52. The van der Waals surface area contributed by atoms with Crippen LogP contribution in [0.4, 0.5) is 16.6 Å². The van der Waals surface area contributed by atoms with E-state index in [0.717, 1.165) is 64.5 Å². The Morgan fingerprint density at radius 1 is 1.28 bits per heavy atom. The highest BCUT2D eigenvalue weighted by Gasteiger charge is 2.21. The maximum absolute atomic E-state index is 9.03. The minimum Gasteiger partial charge on any atom is -0.474 e. The van der Waals surface area contributed by atoms with Crippen LogP contribution in [0.2, 0.25) is 0 Å². The average Bonchev–Trinajstić information content (AvgIpc) is 3.22. The van der Waals surface area contributed by atoms with Gasteiger partial charge in [-0.15, -0.1) is 0 Å². The quantitative estimate of drug-likeness (QED) is 0.772. The van der Waals surface area contributed by atoms with Gasteiger partial charge in [0, 0.05) is 44.0 Å². The Bertz CT molecular complexity index is 853. The number of hydrogen-bond acceptors (Lipinski definition) is 9. The molecule has 9 heteroatoms. The van der Waals surface area contributed by atoms with Crippen LogP contribution in [0, 0.1) is 11.3 Å².